The third-order valence-electron chi connectivity index (χ3n) is 4.58. The largest absolute Gasteiger partial charge is 0.347 e. The molecule has 0 spiro atoms. The Balaban J connectivity index is 1.60. The predicted molar refractivity (Wildman–Crippen MR) is 84.3 cm³/mol. The average Bonchev–Trinajstić information content (AvgIpc) is 3.11. The highest BCUT2D eigenvalue weighted by atomic mass is 32.1. The molecular formula is C15H22N4O2S. The summed E-state index contributed by atoms with van der Waals surface area (Å²) in [6, 6.07) is 0. The smallest absolute Gasteiger partial charge is 0.241 e. The van der Waals surface area contributed by atoms with E-state index in [1.54, 1.807) is 35.2 Å². The minimum Gasteiger partial charge on any atom is -0.347 e. The zero-order valence-corrected chi connectivity index (χ0v) is 13.9. The molecule has 2 aliphatic heterocycles. The number of fused-ring (bicyclic) bond motifs is 1. The third kappa shape index (κ3) is 3.15. The van der Waals surface area contributed by atoms with Crippen molar-refractivity contribution in [2.45, 2.75) is 13.0 Å². The van der Waals surface area contributed by atoms with Crippen molar-refractivity contribution in [3.8, 4) is 0 Å². The molecule has 6 nitrogen and oxygen atoms in total. The number of aromatic nitrogens is 1. The molecule has 0 N–H and O–H groups in total. The summed E-state index contributed by atoms with van der Waals surface area (Å²) in [6.07, 6.45) is 2.81. The molecule has 7 heteroatoms. The van der Waals surface area contributed by atoms with Gasteiger partial charge in [-0.15, -0.1) is 11.3 Å². The van der Waals surface area contributed by atoms with E-state index in [1.807, 2.05) is 11.6 Å². The van der Waals surface area contributed by atoms with E-state index in [4.69, 9.17) is 0 Å². The highest BCUT2D eigenvalue weighted by Crippen LogP contribution is 2.33. The van der Waals surface area contributed by atoms with Crippen LogP contribution in [-0.2, 0) is 16.1 Å². The second kappa shape index (κ2) is 6.34. The average molecular weight is 322 g/mol. The molecule has 3 rings (SSSR count). The molecule has 0 radical (unpaired) electrons. The van der Waals surface area contributed by atoms with E-state index >= 15 is 0 Å². The van der Waals surface area contributed by atoms with E-state index in [-0.39, 0.29) is 24.3 Å². The molecule has 0 saturated carbocycles. The van der Waals surface area contributed by atoms with Gasteiger partial charge in [-0.2, -0.15) is 0 Å². The molecule has 1 aromatic heterocycles. The van der Waals surface area contributed by atoms with Gasteiger partial charge in [0.05, 0.1) is 19.0 Å². The van der Waals surface area contributed by atoms with Crippen molar-refractivity contribution in [3.63, 3.8) is 0 Å². The molecule has 0 aromatic carbocycles. The first kappa shape index (κ1) is 15.4. The SMILES string of the molecule is CN(C)C(=O)CN1CC[C@H]2CN(Cc3nccs3)C[C@@H]2C1=O. The first-order valence-electron chi connectivity index (χ1n) is 7.64. The van der Waals surface area contributed by atoms with E-state index in [9.17, 15) is 9.59 Å². The van der Waals surface area contributed by atoms with Crippen LogP contribution in [0.1, 0.15) is 11.4 Å². The van der Waals surface area contributed by atoms with E-state index in [1.165, 1.54) is 0 Å². The van der Waals surface area contributed by atoms with Gasteiger partial charge in [-0.1, -0.05) is 0 Å². The number of piperidine rings is 1. The Morgan fingerprint density at radius 2 is 2.27 bits per heavy atom. The van der Waals surface area contributed by atoms with Crippen LogP contribution in [0.4, 0.5) is 0 Å². The van der Waals surface area contributed by atoms with Gasteiger partial charge in [0.15, 0.2) is 0 Å². The maximum Gasteiger partial charge on any atom is 0.241 e. The highest BCUT2D eigenvalue weighted by Gasteiger charge is 2.43. The van der Waals surface area contributed by atoms with Crippen LogP contribution < -0.4 is 0 Å². The van der Waals surface area contributed by atoms with Crippen molar-refractivity contribution in [2.24, 2.45) is 11.8 Å². The number of carbonyl (C=O) groups is 2. The lowest BCUT2D eigenvalue weighted by Gasteiger charge is -2.34. The number of thiazole rings is 1. The molecule has 120 valence electrons. The summed E-state index contributed by atoms with van der Waals surface area (Å²) >= 11 is 1.66. The van der Waals surface area contributed by atoms with Gasteiger partial charge in [-0.3, -0.25) is 14.5 Å². The van der Waals surface area contributed by atoms with Crippen molar-refractivity contribution in [2.75, 3.05) is 40.3 Å². The fourth-order valence-electron chi connectivity index (χ4n) is 3.31. The number of hydrogen-bond donors (Lipinski definition) is 0. The van der Waals surface area contributed by atoms with Crippen LogP contribution in [0.25, 0.3) is 0 Å². The predicted octanol–water partition coefficient (Wildman–Crippen LogP) is 0.512. The van der Waals surface area contributed by atoms with Crippen LogP contribution in [-0.4, -0.2) is 71.8 Å². The van der Waals surface area contributed by atoms with Crippen molar-refractivity contribution in [3.05, 3.63) is 16.6 Å². The van der Waals surface area contributed by atoms with Crippen molar-refractivity contribution in [1.29, 1.82) is 0 Å². The Hall–Kier alpha value is -1.47. The van der Waals surface area contributed by atoms with Gasteiger partial charge in [-0.25, -0.2) is 4.98 Å². The second-order valence-electron chi connectivity index (χ2n) is 6.32. The van der Waals surface area contributed by atoms with Crippen LogP contribution in [0, 0.1) is 11.8 Å². The molecule has 0 unspecified atom stereocenters. The molecule has 22 heavy (non-hydrogen) atoms. The summed E-state index contributed by atoms with van der Waals surface area (Å²) in [5.74, 6) is 0.611. The van der Waals surface area contributed by atoms with E-state index in [2.05, 4.69) is 9.88 Å². The van der Waals surface area contributed by atoms with E-state index < -0.39 is 0 Å². The normalized spacial score (nSPS) is 25.4. The summed E-state index contributed by atoms with van der Waals surface area (Å²) < 4.78 is 0. The Labute approximate surface area is 134 Å². The van der Waals surface area contributed by atoms with Crippen molar-refractivity contribution in [1.82, 2.24) is 19.7 Å². The molecule has 0 aliphatic carbocycles. The molecule has 2 amide bonds. The number of carbonyl (C=O) groups excluding carboxylic acids is 2. The summed E-state index contributed by atoms with van der Waals surface area (Å²) in [5, 5.41) is 3.09. The summed E-state index contributed by atoms with van der Waals surface area (Å²) in [5.41, 5.74) is 0. The van der Waals surface area contributed by atoms with Crippen molar-refractivity contribution < 1.29 is 9.59 Å². The van der Waals surface area contributed by atoms with Gasteiger partial charge >= 0.3 is 0 Å². The Kier molecular flexibility index (Phi) is 4.44. The molecule has 0 bridgehead atoms. The number of nitrogens with zero attached hydrogens (tertiary/aromatic N) is 4. The summed E-state index contributed by atoms with van der Waals surface area (Å²) in [4.78, 5) is 34.4. The van der Waals surface area contributed by atoms with Gasteiger partial charge in [0, 0.05) is 45.3 Å². The van der Waals surface area contributed by atoms with Gasteiger partial charge < -0.3 is 9.80 Å². The highest BCUT2D eigenvalue weighted by molar-refractivity contribution is 7.09. The lowest BCUT2D eigenvalue weighted by Crippen LogP contribution is -2.49. The van der Waals surface area contributed by atoms with Crippen molar-refractivity contribution >= 4 is 23.2 Å². The minimum absolute atomic E-state index is 0.00978. The topological polar surface area (TPSA) is 56.8 Å². The molecule has 2 saturated heterocycles. The molecule has 2 fully saturated rings. The molecule has 2 aliphatic rings. The zero-order chi connectivity index (χ0) is 15.7. The Morgan fingerprint density at radius 1 is 1.45 bits per heavy atom. The minimum atomic E-state index is -0.00978. The fraction of sp³-hybridized carbons (Fsp3) is 0.667. The number of hydrogen-bond acceptors (Lipinski definition) is 5. The van der Waals surface area contributed by atoms with Gasteiger partial charge in [0.2, 0.25) is 11.8 Å². The maximum absolute atomic E-state index is 12.6. The lowest BCUT2D eigenvalue weighted by atomic mass is 9.88. The molecule has 1 aromatic rings. The molecular weight excluding hydrogens is 300 g/mol. The van der Waals surface area contributed by atoms with Crippen LogP contribution in [0.5, 0.6) is 0 Å². The van der Waals surface area contributed by atoms with Crippen LogP contribution >= 0.6 is 11.3 Å². The number of likely N-dealkylation sites (tertiary alicyclic amines) is 2. The Bertz CT molecular complexity index is 546. The quantitative estimate of drug-likeness (QED) is 0.811. The second-order valence-corrected chi connectivity index (χ2v) is 7.30. The number of likely N-dealkylation sites (N-methyl/N-ethyl adjacent to an activating group) is 1. The number of amides is 2. The lowest BCUT2D eigenvalue weighted by molar-refractivity contribution is -0.145. The fourth-order valence-corrected chi connectivity index (χ4v) is 3.97. The summed E-state index contributed by atoms with van der Waals surface area (Å²) in [6.45, 7) is 3.49. The Morgan fingerprint density at radius 3 is 2.95 bits per heavy atom. The van der Waals surface area contributed by atoms with E-state index in [0.717, 1.165) is 31.1 Å². The van der Waals surface area contributed by atoms with Gasteiger partial charge in [0.25, 0.3) is 0 Å². The maximum atomic E-state index is 12.6. The zero-order valence-electron chi connectivity index (χ0n) is 13.1. The van der Waals surface area contributed by atoms with Crippen LogP contribution in [0.15, 0.2) is 11.6 Å². The standard InChI is InChI=1S/C15H22N4O2S/c1-17(2)14(20)10-19-5-3-11-7-18(8-12(11)15(19)21)9-13-16-4-6-22-13/h4,6,11-12H,3,5,7-10H2,1-2H3/t11-,12-/m0/s1. The first-order chi connectivity index (χ1) is 10.5. The van der Waals surface area contributed by atoms with Crippen LogP contribution in [0.3, 0.4) is 0 Å². The molecule has 3 heterocycles. The molecule has 2 atom stereocenters. The van der Waals surface area contributed by atoms with E-state index in [0.29, 0.717) is 12.5 Å². The van der Waals surface area contributed by atoms with Gasteiger partial charge in [0.1, 0.15) is 5.01 Å². The first-order valence-corrected chi connectivity index (χ1v) is 8.52. The monoisotopic (exact) mass is 322 g/mol. The van der Waals surface area contributed by atoms with Gasteiger partial charge in [-0.05, 0) is 12.3 Å². The third-order valence-corrected chi connectivity index (χ3v) is 5.35. The summed E-state index contributed by atoms with van der Waals surface area (Å²) in [7, 11) is 3.45. The van der Waals surface area contributed by atoms with Crippen LogP contribution in [0.2, 0.25) is 0 Å². The number of rotatable bonds is 4.